The molecule has 3 fully saturated rings. The Morgan fingerprint density at radius 2 is 2.18 bits per heavy atom. The number of rotatable bonds is 3. The molecule has 1 saturated carbocycles. The van der Waals surface area contributed by atoms with Crippen LogP contribution in [0, 0.1) is 5.41 Å². The summed E-state index contributed by atoms with van der Waals surface area (Å²) in [6, 6.07) is 0.747. The number of esters is 1. The van der Waals surface area contributed by atoms with Crippen molar-refractivity contribution in [3.63, 3.8) is 0 Å². The van der Waals surface area contributed by atoms with Gasteiger partial charge in [-0.3, -0.25) is 14.6 Å². The molecule has 4 nitrogen and oxygen atoms in total. The Morgan fingerprint density at radius 1 is 1.35 bits per heavy atom. The largest absolute Gasteiger partial charge is 0.469 e. The van der Waals surface area contributed by atoms with E-state index in [0.29, 0.717) is 0 Å². The first kappa shape index (κ1) is 11.5. The third-order valence-electron chi connectivity index (χ3n) is 4.67. The van der Waals surface area contributed by atoms with Crippen LogP contribution in [0.3, 0.4) is 0 Å². The van der Waals surface area contributed by atoms with Crippen LogP contribution in [0.5, 0.6) is 0 Å². The summed E-state index contributed by atoms with van der Waals surface area (Å²) < 4.78 is 4.93. The monoisotopic (exact) mass is 238 g/mol. The van der Waals surface area contributed by atoms with E-state index in [-0.39, 0.29) is 11.4 Å². The molecule has 3 rings (SSSR count). The molecule has 4 heteroatoms. The number of carbonyl (C=O) groups is 1. The van der Waals surface area contributed by atoms with Gasteiger partial charge in [0.1, 0.15) is 0 Å². The Kier molecular flexibility index (Phi) is 2.87. The van der Waals surface area contributed by atoms with Gasteiger partial charge in [-0.1, -0.05) is 0 Å². The highest BCUT2D eigenvalue weighted by Crippen LogP contribution is 2.47. The molecule has 0 aromatic carbocycles. The molecule has 1 aliphatic carbocycles. The first-order chi connectivity index (χ1) is 8.23. The van der Waals surface area contributed by atoms with Crippen molar-refractivity contribution >= 4 is 5.97 Å². The quantitative estimate of drug-likeness (QED) is 0.678. The maximum Gasteiger partial charge on any atom is 0.313 e. The maximum absolute atomic E-state index is 11.7. The molecule has 0 aromatic heterocycles. The number of ether oxygens (including phenoxy) is 1. The van der Waals surface area contributed by atoms with Gasteiger partial charge in [0.25, 0.3) is 0 Å². The van der Waals surface area contributed by atoms with Crippen molar-refractivity contribution in [3.05, 3.63) is 0 Å². The van der Waals surface area contributed by atoms with Gasteiger partial charge in [-0.25, -0.2) is 0 Å². The van der Waals surface area contributed by atoms with Crippen LogP contribution in [0.1, 0.15) is 25.7 Å². The predicted molar refractivity (Wildman–Crippen MR) is 64.7 cm³/mol. The normalized spacial score (nSPS) is 32.2. The van der Waals surface area contributed by atoms with Gasteiger partial charge >= 0.3 is 5.97 Å². The van der Waals surface area contributed by atoms with E-state index in [0.717, 1.165) is 38.5 Å². The van der Waals surface area contributed by atoms with Gasteiger partial charge in [0.2, 0.25) is 0 Å². The molecule has 1 atom stereocenters. The second-order valence-electron chi connectivity index (χ2n) is 5.84. The molecule has 2 saturated heterocycles. The number of nitrogens with zero attached hydrogens (tertiary/aromatic N) is 2. The lowest BCUT2D eigenvalue weighted by Gasteiger charge is -2.38. The van der Waals surface area contributed by atoms with Crippen molar-refractivity contribution in [2.75, 3.05) is 39.8 Å². The summed E-state index contributed by atoms with van der Waals surface area (Å²) in [5, 5.41) is 0. The van der Waals surface area contributed by atoms with Crippen molar-refractivity contribution in [2.24, 2.45) is 5.41 Å². The minimum atomic E-state index is -0.143. The highest BCUT2D eigenvalue weighted by Gasteiger charge is 2.52. The van der Waals surface area contributed by atoms with Crippen LogP contribution < -0.4 is 0 Å². The van der Waals surface area contributed by atoms with E-state index in [9.17, 15) is 4.79 Å². The number of methoxy groups -OCH3 is 1. The summed E-state index contributed by atoms with van der Waals surface area (Å²) in [5.41, 5.74) is -0.143. The Balaban J connectivity index is 1.57. The second kappa shape index (κ2) is 4.25. The molecule has 0 amide bonds. The standard InChI is InChI=1S/C13H22N2O2/c1-17-12(16)13(4-5-13)10-14-7-8-15-6-2-3-11(15)9-14/h11H,2-10H2,1H3. The van der Waals surface area contributed by atoms with Crippen molar-refractivity contribution in [1.29, 1.82) is 0 Å². The third-order valence-corrected chi connectivity index (χ3v) is 4.67. The number of hydrogen-bond acceptors (Lipinski definition) is 4. The lowest BCUT2D eigenvalue weighted by atomic mass is 10.0. The minimum absolute atomic E-state index is 0.00588. The molecule has 3 aliphatic rings. The zero-order valence-corrected chi connectivity index (χ0v) is 10.7. The molecule has 2 heterocycles. The van der Waals surface area contributed by atoms with Gasteiger partial charge < -0.3 is 4.74 Å². The Hall–Kier alpha value is -0.610. The van der Waals surface area contributed by atoms with E-state index >= 15 is 0 Å². The van der Waals surface area contributed by atoms with E-state index in [1.165, 1.54) is 33.0 Å². The fraction of sp³-hybridized carbons (Fsp3) is 0.923. The SMILES string of the molecule is COC(=O)C1(CN2CCN3CCCC3C2)CC1. The number of carbonyl (C=O) groups excluding carboxylic acids is 1. The molecule has 0 N–H and O–H groups in total. The summed E-state index contributed by atoms with van der Waals surface area (Å²) in [7, 11) is 1.51. The minimum Gasteiger partial charge on any atom is -0.469 e. The van der Waals surface area contributed by atoms with Crippen LogP contribution in [0.25, 0.3) is 0 Å². The van der Waals surface area contributed by atoms with Crippen molar-refractivity contribution in [2.45, 2.75) is 31.7 Å². The van der Waals surface area contributed by atoms with E-state index in [1.807, 2.05) is 0 Å². The van der Waals surface area contributed by atoms with Crippen LogP contribution in [0.4, 0.5) is 0 Å². The van der Waals surface area contributed by atoms with E-state index in [4.69, 9.17) is 4.74 Å². The Labute approximate surface area is 103 Å². The smallest absolute Gasteiger partial charge is 0.313 e. The van der Waals surface area contributed by atoms with Crippen LogP contribution in [0.15, 0.2) is 0 Å². The Bertz CT molecular complexity index is 315. The topological polar surface area (TPSA) is 32.8 Å². The van der Waals surface area contributed by atoms with Crippen LogP contribution in [-0.4, -0.2) is 61.6 Å². The molecule has 1 unspecified atom stereocenters. The van der Waals surface area contributed by atoms with Crippen molar-refractivity contribution in [1.82, 2.24) is 9.80 Å². The maximum atomic E-state index is 11.7. The predicted octanol–water partition coefficient (Wildman–Crippen LogP) is 0.720. The van der Waals surface area contributed by atoms with Gasteiger partial charge in [0, 0.05) is 32.2 Å². The van der Waals surface area contributed by atoms with E-state index < -0.39 is 0 Å². The van der Waals surface area contributed by atoms with Crippen LogP contribution in [0.2, 0.25) is 0 Å². The summed E-state index contributed by atoms with van der Waals surface area (Å²) in [5.74, 6) is 0.00588. The van der Waals surface area contributed by atoms with Crippen LogP contribution >= 0.6 is 0 Å². The molecule has 17 heavy (non-hydrogen) atoms. The molecule has 2 aliphatic heterocycles. The lowest BCUT2D eigenvalue weighted by Crippen LogP contribution is -2.52. The number of piperazine rings is 1. The summed E-state index contributed by atoms with van der Waals surface area (Å²) in [6.07, 6.45) is 4.72. The molecule has 0 spiro atoms. The lowest BCUT2D eigenvalue weighted by molar-refractivity contribution is -0.148. The second-order valence-corrected chi connectivity index (χ2v) is 5.84. The Morgan fingerprint density at radius 3 is 2.88 bits per heavy atom. The van der Waals surface area contributed by atoms with E-state index in [2.05, 4.69) is 9.80 Å². The first-order valence-electron chi connectivity index (χ1n) is 6.78. The zero-order valence-electron chi connectivity index (χ0n) is 10.7. The van der Waals surface area contributed by atoms with Crippen molar-refractivity contribution < 1.29 is 9.53 Å². The number of fused-ring (bicyclic) bond motifs is 1. The summed E-state index contributed by atoms with van der Waals surface area (Å²) >= 11 is 0. The van der Waals surface area contributed by atoms with Gasteiger partial charge in [-0.2, -0.15) is 0 Å². The van der Waals surface area contributed by atoms with E-state index in [1.54, 1.807) is 0 Å². The van der Waals surface area contributed by atoms with Gasteiger partial charge in [0.05, 0.1) is 12.5 Å². The molecule has 96 valence electrons. The fourth-order valence-electron chi connectivity index (χ4n) is 3.42. The highest BCUT2D eigenvalue weighted by molar-refractivity contribution is 5.80. The molecular formula is C13H22N2O2. The van der Waals surface area contributed by atoms with Gasteiger partial charge in [-0.15, -0.1) is 0 Å². The number of hydrogen-bond donors (Lipinski definition) is 0. The van der Waals surface area contributed by atoms with Gasteiger partial charge in [-0.05, 0) is 32.2 Å². The third kappa shape index (κ3) is 2.08. The average molecular weight is 238 g/mol. The summed E-state index contributed by atoms with van der Waals surface area (Å²) in [6.45, 7) is 5.65. The molecule has 0 aromatic rings. The molecule has 0 bridgehead atoms. The highest BCUT2D eigenvalue weighted by atomic mass is 16.5. The summed E-state index contributed by atoms with van der Waals surface area (Å²) in [4.78, 5) is 16.8. The molecular weight excluding hydrogens is 216 g/mol. The average Bonchev–Trinajstić information content (AvgIpc) is 2.97. The van der Waals surface area contributed by atoms with Gasteiger partial charge in [0.15, 0.2) is 0 Å². The van der Waals surface area contributed by atoms with Crippen LogP contribution in [-0.2, 0) is 9.53 Å². The molecule has 0 radical (unpaired) electrons. The van der Waals surface area contributed by atoms with Crippen molar-refractivity contribution in [3.8, 4) is 0 Å². The first-order valence-corrected chi connectivity index (χ1v) is 6.78. The fourth-order valence-corrected chi connectivity index (χ4v) is 3.42. The zero-order chi connectivity index (χ0) is 11.9.